The molecule has 0 unspecified atom stereocenters. The number of benzene rings is 3. The Balaban J connectivity index is 1.72. The Morgan fingerprint density at radius 2 is 1.56 bits per heavy atom. The minimum atomic E-state index is 0.0207. The summed E-state index contributed by atoms with van der Waals surface area (Å²) in [5.74, 6) is 0.181. The van der Waals surface area contributed by atoms with Crippen LogP contribution >= 0.6 is 0 Å². The third-order valence-corrected chi connectivity index (χ3v) is 4.66. The molecule has 0 radical (unpaired) electrons. The fourth-order valence-corrected chi connectivity index (χ4v) is 3.32. The largest absolute Gasteiger partial charge is 0.364 e. The van der Waals surface area contributed by atoms with E-state index >= 15 is 0 Å². The average molecular weight is 325 g/mol. The quantitative estimate of drug-likeness (QED) is 0.478. The van der Waals surface area contributed by atoms with Gasteiger partial charge in [0.15, 0.2) is 5.78 Å². The minimum absolute atomic E-state index is 0.0207. The number of aromatic nitrogens is 1. The highest BCUT2D eigenvalue weighted by molar-refractivity contribution is 5.97. The van der Waals surface area contributed by atoms with Crippen molar-refractivity contribution in [3.8, 4) is 0 Å². The first kappa shape index (κ1) is 15.4. The normalized spacial score (nSPS) is 12.2. The van der Waals surface area contributed by atoms with Crippen LogP contribution in [0.2, 0.25) is 0 Å². The molecule has 3 aromatic carbocycles. The molecule has 4 rings (SSSR count). The SMILES string of the molecule is O=C(C[C@@H](c1ccc2ccccc2c1)c1ccc[nH]1)c1ccccc1. The zero-order chi connectivity index (χ0) is 17.1. The van der Waals surface area contributed by atoms with Gasteiger partial charge in [0, 0.05) is 29.8 Å². The van der Waals surface area contributed by atoms with Gasteiger partial charge in [0.2, 0.25) is 0 Å². The van der Waals surface area contributed by atoms with Crippen molar-refractivity contribution in [1.82, 2.24) is 4.98 Å². The summed E-state index contributed by atoms with van der Waals surface area (Å²) in [6, 6.07) is 28.3. The lowest BCUT2D eigenvalue weighted by molar-refractivity contribution is 0.0977. The van der Waals surface area contributed by atoms with Crippen LogP contribution in [0.5, 0.6) is 0 Å². The Labute approximate surface area is 147 Å². The van der Waals surface area contributed by atoms with E-state index in [0.29, 0.717) is 6.42 Å². The van der Waals surface area contributed by atoms with Gasteiger partial charge in [-0.15, -0.1) is 0 Å². The molecule has 0 aliphatic carbocycles. The number of rotatable bonds is 5. The number of hydrogen-bond donors (Lipinski definition) is 1. The van der Waals surface area contributed by atoms with Gasteiger partial charge in [-0.05, 0) is 28.5 Å². The van der Waals surface area contributed by atoms with Gasteiger partial charge >= 0.3 is 0 Å². The summed E-state index contributed by atoms with van der Waals surface area (Å²) >= 11 is 0. The van der Waals surface area contributed by atoms with Gasteiger partial charge < -0.3 is 4.98 Å². The molecule has 1 aromatic heterocycles. The molecule has 0 saturated carbocycles. The van der Waals surface area contributed by atoms with Crippen molar-refractivity contribution >= 4 is 16.6 Å². The van der Waals surface area contributed by atoms with Crippen molar-refractivity contribution in [3.63, 3.8) is 0 Å². The van der Waals surface area contributed by atoms with Gasteiger partial charge in [0.1, 0.15) is 0 Å². The smallest absolute Gasteiger partial charge is 0.163 e. The lowest BCUT2D eigenvalue weighted by Crippen LogP contribution is -2.09. The molecule has 0 spiro atoms. The van der Waals surface area contributed by atoms with Crippen LogP contribution in [0, 0.1) is 0 Å². The molecule has 1 N–H and O–H groups in total. The Morgan fingerprint density at radius 1 is 0.800 bits per heavy atom. The number of carbonyl (C=O) groups excluding carboxylic acids is 1. The number of fused-ring (bicyclic) bond motifs is 1. The first-order valence-corrected chi connectivity index (χ1v) is 8.51. The fraction of sp³-hybridized carbons (Fsp3) is 0.0870. The molecule has 122 valence electrons. The van der Waals surface area contributed by atoms with Gasteiger partial charge in [-0.3, -0.25) is 4.79 Å². The van der Waals surface area contributed by atoms with Crippen LogP contribution in [0.4, 0.5) is 0 Å². The predicted molar refractivity (Wildman–Crippen MR) is 102 cm³/mol. The molecule has 0 saturated heterocycles. The van der Waals surface area contributed by atoms with E-state index in [-0.39, 0.29) is 11.7 Å². The summed E-state index contributed by atoms with van der Waals surface area (Å²) < 4.78 is 0. The zero-order valence-corrected chi connectivity index (χ0v) is 13.9. The summed E-state index contributed by atoms with van der Waals surface area (Å²) in [4.78, 5) is 16.1. The summed E-state index contributed by atoms with van der Waals surface area (Å²) in [7, 11) is 0. The monoisotopic (exact) mass is 325 g/mol. The van der Waals surface area contributed by atoms with E-state index in [0.717, 1.165) is 16.8 Å². The molecule has 25 heavy (non-hydrogen) atoms. The van der Waals surface area contributed by atoms with Crippen LogP contribution in [0.3, 0.4) is 0 Å². The van der Waals surface area contributed by atoms with E-state index in [1.807, 2.05) is 54.7 Å². The van der Waals surface area contributed by atoms with Gasteiger partial charge in [0.25, 0.3) is 0 Å². The number of hydrogen-bond acceptors (Lipinski definition) is 1. The fourth-order valence-electron chi connectivity index (χ4n) is 3.32. The van der Waals surface area contributed by atoms with Gasteiger partial charge in [-0.1, -0.05) is 72.8 Å². The van der Waals surface area contributed by atoms with Crippen LogP contribution < -0.4 is 0 Å². The van der Waals surface area contributed by atoms with Crippen LogP contribution in [0.1, 0.15) is 34.0 Å². The number of Topliss-reactive ketones (excluding diaryl/α,β-unsaturated/α-hetero) is 1. The molecule has 4 aromatic rings. The van der Waals surface area contributed by atoms with Gasteiger partial charge in [-0.25, -0.2) is 0 Å². The molecule has 2 nitrogen and oxygen atoms in total. The minimum Gasteiger partial charge on any atom is -0.364 e. The van der Waals surface area contributed by atoms with Crippen molar-refractivity contribution < 1.29 is 4.79 Å². The van der Waals surface area contributed by atoms with Crippen molar-refractivity contribution in [1.29, 1.82) is 0 Å². The summed E-state index contributed by atoms with van der Waals surface area (Å²) in [6.07, 6.45) is 2.36. The first-order chi connectivity index (χ1) is 12.3. The van der Waals surface area contributed by atoms with Crippen LogP contribution in [0.15, 0.2) is 91.1 Å². The molecular weight excluding hydrogens is 306 g/mol. The molecular formula is C23H19NO. The van der Waals surface area contributed by atoms with E-state index in [9.17, 15) is 4.79 Å². The Hall–Kier alpha value is -3.13. The third-order valence-electron chi connectivity index (χ3n) is 4.66. The number of carbonyl (C=O) groups is 1. The number of aromatic amines is 1. The summed E-state index contributed by atoms with van der Waals surface area (Å²) in [6.45, 7) is 0. The van der Waals surface area contributed by atoms with E-state index in [1.54, 1.807) is 0 Å². The average Bonchev–Trinajstić information content (AvgIpc) is 3.20. The van der Waals surface area contributed by atoms with Crippen LogP contribution in [-0.4, -0.2) is 10.8 Å². The van der Waals surface area contributed by atoms with Gasteiger partial charge in [0.05, 0.1) is 0 Å². The topological polar surface area (TPSA) is 32.9 Å². The molecule has 1 heterocycles. The Bertz CT molecular complexity index is 987. The summed E-state index contributed by atoms with van der Waals surface area (Å²) in [5, 5.41) is 2.41. The highest BCUT2D eigenvalue weighted by Gasteiger charge is 2.20. The third kappa shape index (κ3) is 3.24. The first-order valence-electron chi connectivity index (χ1n) is 8.51. The highest BCUT2D eigenvalue weighted by Crippen LogP contribution is 2.30. The molecule has 2 heteroatoms. The van der Waals surface area contributed by atoms with Gasteiger partial charge in [-0.2, -0.15) is 0 Å². The Kier molecular flexibility index (Phi) is 4.17. The molecule has 0 aliphatic rings. The molecule has 0 aliphatic heterocycles. The molecule has 0 amide bonds. The van der Waals surface area contributed by atoms with Crippen molar-refractivity contribution in [3.05, 3.63) is 108 Å². The maximum Gasteiger partial charge on any atom is 0.163 e. The lowest BCUT2D eigenvalue weighted by atomic mass is 9.88. The highest BCUT2D eigenvalue weighted by atomic mass is 16.1. The molecule has 0 bridgehead atoms. The maximum absolute atomic E-state index is 12.8. The van der Waals surface area contributed by atoms with Crippen LogP contribution in [-0.2, 0) is 0 Å². The maximum atomic E-state index is 12.8. The van der Waals surface area contributed by atoms with E-state index in [4.69, 9.17) is 0 Å². The standard InChI is InChI=1S/C23H19NO/c25-23(18-8-2-1-3-9-18)16-21(22-11-6-14-24-22)20-13-12-17-7-4-5-10-19(17)15-20/h1-15,21,24H,16H2/t21-/m0/s1. The molecule has 0 fully saturated rings. The number of ketones is 1. The second-order valence-corrected chi connectivity index (χ2v) is 6.28. The van der Waals surface area contributed by atoms with Crippen molar-refractivity contribution in [2.45, 2.75) is 12.3 Å². The number of nitrogens with one attached hydrogen (secondary N) is 1. The summed E-state index contributed by atoms with van der Waals surface area (Å²) in [5.41, 5.74) is 2.99. The van der Waals surface area contributed by atoms with E-state index < -0.39 is 0 Å². The van der Waals surface area contributed by atoms with Crippen molar-refractivity contribution in [2.75, 3.05) is 0 Å². The van der Waals surface area contributed by atoms with E-state index in [2.05, 4.69) is 41.4 Å². The second-order valence-electron chi connectivity index (χ2n) is 6.28. The predicted octanol–water partition coefficient (Wildman–Crippen LogP) is 5.57. The molecule has 1 atom stereocenters. The van der Waals surface area contributed by atoms with E-state index in [1.165, 1.54) is 10.8 Å². The van der Waals surface area contributed by atoms with Crippen LogP contribution in [0.25, 0.3) is 10.8 Å². The second kappa shape index (κ2) is 6.78. The lowest BCUT2D eigenvalue weighted by Gasteiger charge is -2.17. The Morgan fingerprint density at radius 3 is 2.32 bits per heavy atom. The number of H-pyrrole nitrogens is 1. The van der Waals surface area contributed by atoms with Crippen molar-refractivity contribution in [2.24, 2.45) is 0 Å². The zero-order valence-electron chi connectivity index (χ0n) is 13.9.